The second-order valence-electron chi connectivity index (χ2n) is 4.11. The number of nitrogens with zero attached hydrogens (tertiary/aromatic N) is 1. The van der Waals surface area contributed by atoms with Crippen LogP contribution in [-0.2, 0) is 44.0 Å². The third-order valence-corrected chi connectivity index (χ3v) is 3.11. The quantitative estimate of drug-likeness (QED) is 0.590. The number of hydrogen-bond acceptors (Lipinski definition) is 3. The average molecular weight is 382 g/mol. The molecule has 21 heavy (non-hydrogen) atoms. The topological polar surface area (TPSA) is 40.5 Å². The van der Waals surface area contributed by atoms with Crippen LogP contribution in [0.4, 0.5) is 0 Å². The van der Waals surface area contributed by atoms with E-state index in [1.165, 1.54) is 6.07 Å². The average Bonchev–Trinajstić information content (AvgIpc) is 2.48. The van der Waals surface area contributed by atoms with Gasteiger partial charge in [0.05, 0.1) is 0 Å². The molecule has 109 valence electrons. The Morgan fingerprint density at radius 1 is 1.29 bits per heavy atom. The van der Waals surface area contributed by atoms with Gasteiger partial charge in [0.2, 0.25) is 5.56 Å². The van der Waals surface area contributed by atoms with Crippen LogP contribution < -0.4 is 10.3 Å². The second kappa shape index (κ2) is 8.69. The van der Waals surface area contributed by atoms with Gasteiger partial charge in [-0.05, 0) is 19.1 Å². The molecule has 0 bridgehead atoms. The smallest absolute Gasteiger partial charge is 0.212 e. The fourth-order valence-electron chi connectivity index (χ4n) is 1.88. The molecule has 0 unspecified atom stereocenters. The third kappa shape index (κ3) is 4.40. The van der Waals surface area contributed by atoms with E-state index < -0.39 is 0 Å². The van der Waals surface area contributed by atoms with Crippen LogP contribution in [0.1, 0.15) is 6.92 Å². The first-order chi connectivity index (χ1) is 9.67. The van der Waals surface area contributed by atoms with Gasteiger partial charge in [-0.1, -0.05) is 11.3 Å². The molecule has 1 aromatic heterocycles. The van der Waals surface area contributed by atoms with Gasteiger partial charge >= 0.3 is 0 Å². The van der Waals surface area contributed by atoms with E-state index in [1.54, 1.807) is 11.7 Å². The summed E-state index contributed by atoms with van der Waals surface area (Å²) in [5.74, 6) is 0.704. The van der Waals surface area contributed by atoms with Crippen LogP contribution >= 0.6 is 11.6 Å². The summed E-state index contributed by atoms with van der Waals surface area (Å²) in [5, 5.41) is 0.177. The van der Waals surface area contributed by atoms with Crippen LogP contribution in [0.5, 0.6) is 5.75 Å². The Morgan fingerprint density at radius 2 is 1.95 bits per heavy atom. The van der Waals surface area contributed by atoms with Crippen LogP contribution in [0.2, 0.25) is 5.02 Å². The van der Waals surface area contributed by atoms with Gasteiger partial charge in [0.15, 0.2) is 6.79 Å². The molecule has 1 radical (unpaired) electrons. The van der Waals surface area contributed by atoms with Crippen LogP contribution in [0.15, 0.2) is 35.1 Å². The minimum absolute atomic E-state index is 0. The summed E-state index contributed by atoms with van der Waals surface area (Å²) < 4.78 is 11.8. The number of pyridine rings is 1. The second-order valence-corrected chi connectivity index (χ2v) is 4.52. The molecule has 2 rings (SSSR count). The molecule has 0 aliphatic carbocycles. The molecule has 0 spiro atoms. The van der Waals surface area contributed by atoms with E-state index in [0.29, 0.717) is 18.0 Å². The molecule has 0 saturated carbocycles. The molecule has 1 aromatic carbocycles. The number of halogens is 1. The molecule has 0 aliphatic rings. The molecule has 0 saturated heterocycles. The van der Waals surface area contributed by atoms with Gasteiger partial charge in [0.1, 0.15) is 5.75 Å². The fraction of sp³-hybridized carbons (Fsp3) is 0.267. The van der Waals surface area contributed by atoms with Crippen LogP contribution in [0, 0.1) is 6.07 Å². The van der Waals surface area contributed by atoms with Crippen molar-refractivity contribution in [3.05, 3.63) is 51.8 Å². The molecule has 0 fully saturated rings. The van der Waals surface area contributed by atoms with E-state index in [0.717, 1.165) is 5.56 Å². The zero-order valence-corrected chi connectivity index (χ0v) is 15.5. The van der Waals surface area contributed by atoms with Crippen LogP contribution in [0.3, 0.4) is 0 Å². The van der Waals surface area contributed by atoms with Crippen molar-refractivity contribution in [2.24, 2.45) is 0 Å². The maximum Gasteiger partial charge on any atom is 0.212 e. The first-order valence-electron chi connectivity index (χ1n) is 6.20. The number of benzene rings is 1. The summed E-state index contributed by atoms with van der Waals surface area (Å²) in [4.78, 5) is 12.0. The van der Waals surface area contributed by atoms with Crippen LogP contribution in [-0.4, -0.2) is 18.5 Å². The third-order valence-electron chi connectivity index (χ3n) is 2.84. The largest absolute Gasteiger partial charge is 0.468 e. The number of hydrogen-bond donors (Lipinski definition) is 0. The fourth-order valence-corrected chi connectivity index (χ4v) is 2.04. The molecule has 0 amide bonds. The predicted octanol–water partition coefficient (Wildman–Crippen LogP) is 2.97. The molecule has 0 aliphatic heterocycles. The van der Waals surface area contributed by atoms with Crippen molar-refractivity contribution >= 4 is 11.6 Å². The molecular weight excluding hydrogens is 367 g/mol. The zero-order chi connectivity index (χ0) is 14.5. The first kappa shape index (κ1) is 18.4. The van der Waals surface area contributed by atoms with Crippen molar-refractivity contribution < 1.29 is 42.2 Å². The van der Waals surface area contributed by atoms with Crippen molar-refractivity contribution in [1.82, 2.24) is 4.57 Å². The molecule has 2 aromatic rings. The normalized spacial score (nSPS) is 10.0. The van der Waals surface area contributed by atoms with Gasteiger partial charge in [-0.3, -0.25) is 4.79 Å². The SMILES string of the molecule is CCn1c(-c2ccc(OCOC)cc2)[c-]cc(Cl)c1=O.[Y]. The minimum Gasteiger partial charge on any atom is -0.468 e. The Bertz CT molecular complexity index is 640. The molecule has 0 atom stereocenters. The Labute approximate surface area is 153 Å². The standard InChI is InChI=1S/C15H15ClNO3.Y/c1-3-17-14(9-8-13(16)15(17)18)11-4-6-12(7-5-11)20-10-19-2;/h4-8H,3,10H2,1-2H3;/q-1;. The van der Waals surface area contributed by atoms with Crippen molar-refractivity contribution in [2.45, 2.75) is 13.5 Å². The molecular formula is C15H15ClNO3Y-. The van der Waals surface area contributed by atoms with E-state index in [4.69, 9.17) is 21.1 Å². The van der Waals surface area contributed by atoms with Crippen molar-refractivity contribution in [1.29, 1.82) is 0 Å². The number of aromatic nitrogens is 1. The van der Waals surface area contributed by atoms with Crippen molar-refractivity contribution in [3.63, 3.8) is 0 Å². The van der Waals surface area contributed by atoms with Gasteiger partial charge in [0, 0.05) is 51.4 Å². The molecule has 0 N–H and O–H groups in total. The number of ether oxygens (including phenoxy) is 2. The number of methoxy groups -OCH3 is 1. The van der Waals surface area contributed by atoms with E-state index in [1.807, 2.05) is 31.2 Å². The summed E-state index contributed by atoms with van der Waals surface area (Å²) in [6.45, 7) is 2.63. The molecule has 4 nitrogen and oxygen atoms in total. The van der Waals surface area contributed by atoms with E-state index in [-0.39, 0.29) is 50.1 Å². The Kier molecular flexibility index (Phi) is 7.60. The predicted molar refractivity (Wildman–Crippen MR) is 78.2 cm³/mol. The zero-order valence-electron chi connectivity index (χ0n) is 11.9. The summed E-state index contributed by atoms with van der Waals surface area (Å²) in [6.07, 6.45) is 0. The van der Waals surface area contributed by atoms with Gasteiger partial charge in [-0.2, -0.15) is 23.7 Å². The Balaban J connectivity index is 0.00000220. The maximum absolute atomic E-state index is 12.0. The summed E-state index contributed by atoms with van der Waals surface area (Å²) in [6, 6.07) is 11.9. The Morgan fingerprint density at radius 3 is 2.52 bits per heavy atom. The Hall–Kier alpha value is -0.676. The first-order valence-corrected chi connectivity index (χ1v) is 6.58. The minimum atomic E-state index is -0.206. The monoisotopic (exact) mass is 381 g/mol. The summed E-state index contributed by atoms with van der Waals surface area (Å²) in [7, 11) is 1.57. The van der Waals surface area contributed by atoms with E-state index >= 15 is 0 Å². The van der Waals surface area contributed by atoms with Gasteiger partial charge in [-0.25, -0.2) is 0 Å². The summed E-state index contributed by atoms with van der Waals surface area (Å²) >= 11 is 5.84. The molecule has 6 heteroatoms. The van der Waals surface area contributed by atoms with E-state index in [9.17, 15) is 4.79 Å². The number of rotatable bonds is 5. The van der Waals surface area contributed by atoms with Gasteiger partial charge in [0.25, 0.3) is 0 Å². The van der Waals surface area contributed by atoms with E-state index in [2.05, 4.69) is 6.07 Å². The molecule has 1 heterocycles. The van der Waals surface area contributed by atoms with Crippen molar-refractivity contribution in [3.8, 4) is 17.0 Å². The summed E-state index contributed by atoms with van der Waals surface area (Å²) in [5.41, 5.74) is 1.38. The van der Waals surface area contributed by atoms with Gasteiger partial charge < -0.3 is 14.0 Å². The van der Waals surface area contributed by atoms with Crippen LogP contribution in [0.25, 0.3) is 11.3 Å². The van der Waals surface area contributed by atoms with Crippen molar-refractivity contribution in [2.75, 3.05) is 13.9 Å². The van der Waals surface area contributed by atoms with Gasteiger partial charge in [-0.15, -0.1) is 12.1 Å². The maximum atomic E-state index is 12.0.